The van der Waals surface area contributed by atoms with Gasteiger partial charge in [0.2, 0.25) is 11.9 Å². The molecule has 0 aliphatic carbocycles. The zero-order valence-electron chi connectivity index (χ0n) is 25.9. The number of carbonyl (C=O) groups excluding carboxylic acids is 4. The topological polar surface area (TPSA) is 160 Å². The quantitative estimate of drug-likeness (QED) is 0.245. The molecule has 0 saturated carbocycles. The molecule has 0 aromatic carbocycles. The van der Waals surface area contributed by atoms with Crippen LogP contribution in [0.5, 0.6) is 0 Å². The highest BCUT2D eigenvalue weighted by Gasteiger charge is 2.29. The normalized spacial score (nSPS) is 15.7. The lowest BCUT2D eigenvalue weighted by molar-refractivity contribution is 0.0526. The van der Waals surface area contributed by atoms with Gasteiger partial charge in [-0.25, -0.2) is 19.2 Å². The summed E-state index contributed by atoms with van der Waals surface area (Å²) < 4.78 is 21.2. The van der Waals surface area contributed by atoms with Crippen molar-refractivity contribution in [3.05, 3.63) is 0 Å². The number of nitrogens with zero attached hydrogens (tertiary/aromatic N) is 4. The molecule has 14 nitrogen and oxygen atoms in total. The molecule has 1 rings (SSSR count). The number of aliphatic imine (C=N–C) groups is 2. The van der Waals surface area contributed by atoms with Crippen molar-refractivity contribution in [3.63, 3.8) is 0 Å². The summed E-state index contributed by atoms with van der Waals surface area (Å²) in [6, 6.07) is 0. The van der Waals surface area contributed by atoms with Gasteiger partial charge in [0.1, 0.15) is 22.4 Å². The van der Waals surface area contributed by atoms with Gasteiger partial charge in [-0.1, -0.05) is 0 Å². The van der Waals surface area contributed by atoms with E-state index in [4.69, 9.17) is 18.9 Å². The van der Waals surface area contributed by atoms with Gasteiger partial charge < -0.3 is 28.7 Å². The summed E-state index contributed by atoms with van der Waals surface area (Å²) in [6.07, 6.45) is -3.37. The van der Waals surface area contributed by atoms with Crippen molar-refractivity contribution in [1.29, 1.82) is 0 Å². The Morgan fingerprint density at radius 1 is 0.500 bits per heavy atom. The molecule has 4 amide bonds. The lowest BCUT2D eigenvalue weighted by atomic mass is 10.2. The van der Waals surface area contributed by atoms with E-state index >= 15 is 0 Å². The molecule has 1 saturated heterocycles. The van der Waals surface area contributed by atoms with Crippen LogP contribution in [-0.2, 0) is 18.9 Å². The first-order valence-electron chi connectivity index (χ1n) is 13.1. The first-order valence-corrected chi connectivity index (χ1v) is 13.1. The molecule has 40 heavy (non-hydrogen) atoms. The van der Waals surface area contributed by atoms with Crippen molar-refractivity contribution in [2.75, 3.05) is 26.2 Å². The SMILES string of the molecule is CC(C)(C)OC(=O)/N=C(\NC(=O)OC(C)(C)C)N1CCN(/C(=N/C(=O)OC(C)(C)C)NC(=O)OC(C)(C)C)CC1. The van der Waals surface area contributed by atoms with Gasteiger partial charge in [-0.2, -0.15) is 0 Å². The van der Waals surface area contributed by atoms with Gasteiger partial charge in [0.15, 0.2) is 0 Å². The van der Waals surface area contributed by atoms with Gasteiger partial charge in [0.25, 0.3) is 0 Å². The molecule has 1 fully saturated rings. The Balaban J connectivity index is 3.17. The van der Waals surface area contributed by atoms with Gasteiger partial charge >= 0.3 is 24.4 Å². The molecule has 0 radical (unpaired) electrons. The number of rotatable bonds is 0. The lowest BCUT2D eigenvalue weighted by Crippen LogP contribution is -2.58. The Morgan fingerprint density at radius 2 is 0.750 bits per heavy atom. The molecule has 14 heteroatoms. The smallest absolute Gasteiger partial charge is 0.437 e. The van der Waals surface area contributed by atoms with Crippen LogP contribution in [0.15, 0.2) is 9.98 Å². The van der Waals surface area contributed by atoms with Crippen molar-refractivity contribution >= 4 is 36.3 Å². The summed E-state index contributed by atoms with van der Waals surface area (Å²) in [5.74, 6) is -0.122. The fourth-order valence-electron chi connectivity index (χ4n) is 3.02. The molecule has 0 aromatic rings. The lowest BCUT2D eigenvalue weighted by Gasteiger charge is -2.37. The van der Waals surface area contributed by atoms with Crippen LogP contribution in [0, 0.1) is 0 Å². The number of piperazine rings is 1. The third kappa shape index (κ3) is 15.1. The first kappa shape index (κ1) is 34.4. The van der Waals surface area contributed by atoms with E-state index in [1.165, 1.54) is 0 Å². The largest absolute Gasteiger partial charge is 0.444 e. The van der Waals surface area contributed by atoms with Crippen LogP contribution in [0.3, 0.4) is 0 Å². The number of ether oxygens (including phenoxy) is 4. The Labute approximate surface area is 236 Å². The van der Waals surface area contributed by atoms with E-state index in [-0.39, 0.29) is 38.1 Å². The van der Waals surface area contributed by atoms with E-state index in [0.29, 0.717) is 0 Å². The zero-order valence-corrected chi connectivity index (χ0v) is 25.9. The summed E-state index contributed by atoms with van der Waals surface area (Å²) >= 11 is 0. The van der Waals surface area contributed by atoms with Crippen LogP contribution < -0.4 is 10.6 Å². The maximum absolute atomic E-state index is 12.5. The van der Waals surface area contributed by atoms with Crippen molar-refractivity contribution in [2.45, 2.75) is 105 Å². The number of nitrogens with one attached hydrogen (secondary N) is 2. The van der Waals surface area contributed by atoms with Gasteiger partial charge in [0.05, 0.1) is 0 Å². The van der Waals surface area contributed by atoms with Crippen LogP contribution in [0.4, 0.5) is 19.2 Å². The molecule has 0 spiro atoms. The Morgan fingerprint density at radius 3 is 0.975 bits per heavy atom. The number of guanidine groups is 2. The van der Waals surface area contributed by atoms with E-state index in [9.17, 15) is 19.2 Å². The third-order valence-corrected chi connectivity index (χ3v) is 4.29. The standard InChI is InChI=1S/C26H46N6O8/c1-23(2,3)37-19(33)27-17(28-20(34)38-24(4,5)6)31-13-15-32(16-14-31)18(29-21(35)39-25(7,8)9)30-22(36)40-26(10,11)12/h13-16H2,1-12H3,(H,27,28,33,34)(H,29,30,35,36). The minimum absolute atomic E-state index is 0.0612. The summed E-state index contributed by atoms with van der Waals surface area (Å²) in [7, 11) is 0. The van der Waals surface area contributed by atoms with E-state index in [1.54, 1.807) is 92.9 Å². The minimum Gasteiger partial charge on any atom is -0.444 e. The fourth-order valence-corrected chi connectivity index (χ4v) is 3.02. The Hall–Kier alpha value is -3.58. The molecular weight excluding hydrogens is 524 g/mol. The Kier molecular flexibility index (Phi) is 11.4. The van der Waals surface area contributed by atoms with Crippen LogP contribution in [0.1, 0.15) is 83.1 Å². The maximum Gasteiger partial charge on any atom is 0.437 e. The monoisotopic (exact) mass is 570 g/mol. The van der Waals surface area contributed by atoms with E-state index in [1.807, 2.05) is 0 Å². The van der Waals surface area contributed by atoms with Crippen LogP contribution in [0.2, 0.25) is 0 Å². The minimum atomic E-state index is -0.889. The van der Waals surface area contributed by atoms with Gasteiger partial charge in [0, 0.05) is 26.2 Å². The van der Waals surface area contributed by atoms with E-state index in [0.717, 1.165) is 0 Å². The molecule has 1 aliphatic heterocycles. The third-order valence-electron chi connectivity index (χ3n) is 4.29. The second kappa shape index (κ2) is 13.2. The summed E-state index contributed by atoms with van der Waals surface area (Å²) in [4.78, 5) is 61.1. The van der Waals surface area contributed by atoms with E-state index < -0.39 is 46.8 Å². The first-order chi connectivity index (χ1) is 17.9. The number of alkyl carbamates (subject to hydrolysis) is 2. The molecule has 0 aromatic heterocycles. The second-order valence-electron chi connectivity index (χ2n) is 13.1. The number of carbonyl (C=O) groups is 4. The highest BCUT2D eigenvalue weighted by Crippen LogP contribution is 2.13. The Bertz CT molecular complexity index is 909. The van der Waals surface area contributed by atoms with Crippen molar-refractivity contribution in [1.82, 2.24) is 20.4 Å². The average molecular weight is 571 g/mol. The molecule has 228 valence electrons. The van der Waals surface area contributed by atoms with Crippen molar-refractivity contribution < 1.29 is 38.1 Å². The van der Waals surface area contributed by atoms with Gasteiger partial charge in [-0.15, -0.1) is 9.98 Å². The van der Waals surface area contributed by atoms with Crippen LogP contribution in [0.25, 0.3) is 0 Å². The van der Waals surface area contributed by atoms with Crippen molar-refractivity contribution in [2.24, 2.45) is 9.98 Å². The van der Waals surface area contributed by atoms with Crippen molar-refractivity contribution in [3.8, 4) is 0 Å². The molecular formula is C26H46N6O8. The number of hydrogen-bond donors (Lipinski definition) is 2. The summed E-state index contributed by atoms with van der Waals surface area (Å²) in [5, 5.41) is 5.04. The van der Waals surface area contributed by atoms with Gasteiger partial charge in [-0.3, -0.25) is 10.6 Å². The molecule has 0 unspecified atom stereocenters. The molecule has 0 atom stereocenters. The molecule has 1 aliphatic rings. The highest BCUT2D eigenvalue weighted by atomic mass is 16.6. The highest BCUT2D eigenvalue weighted by molar-refractivity contribution is 6.00. The van der Waals surface area contributed by atoms with Gasteiger partial charge in [-0.05, 0) is 83.1 Å². The molecule has 2 N–H and O–H groups in total. The predicted molar refractivity (Wildman–Crippen MR) is 149 cm³/mol. The number of amides is 4. The van der Waals surface area contributed by atoms with Crippen LogP contribution >= 0.6 is 0 Å². The second-order valence-corrected chi connectivity index (χ2v) is 13.1. The zero-order chi connectivity index (χ0) is 31.1. The van der Waals surface area contributed by atoms with E-state index in [2.05, 4.69) is 20.6 Å². The summed E-state index contributed by atoms with van der Waals surface area (Å²) in [5.41, 5.74) is -3.15. The fraction of sp³-hybridized carbons (Fsp3) is 0.769. The van der Waals surface area contributed by atoms with Crippen LogP contribution in [-0.4, -0.2) is 94.7 Å². The summed E-state index contributed by atoms with van der Waals surface area (Å²) in [6.45, 7) is 21.3. The molecule has 1 heterocycles. The maximum atomic E-state index is 12.5. The molecule has 0 bridgehead atoms. The predicted octanol–water partition coefficient (Wildman–Crippen LogP) is 4.24. The number of hydrogen-bond acceptors (Lipinski definition) is 8. The average Bonchev–Trinajstić information content (AvgIpc) is 2.67.